The second-order valence-corrected chi connectivity index (χ2v) is 7.07. The zero-order chi connectivity index (χ0) is 16.4. The summed E-state index contributed by atoms with van der Waals surface area (Å²) in [6.07, 6.45) is -1.33. The van der Waals surface area contributed by atoms with Crippen LogP contribution in [-0.2, 0) is 17.6 Å². The minimum atomic E-state index is -4.29. The number of hydrogen-bond acceptors (Lipinski definition) is 3. The highest BCUT2D eigenvalue weighted by molar-refractivity contribution is 9.18. The molecule has 1 fully saturated rings. The van der Waals surface area contributed by atoms with E-state index in [0.717, 1.165) is 43.0 Å². The van der Waals surface area contributed by atoms with Crippen LogP contribution in [0.15, 0.2) is 29.4 Å². The van der Waals surface area contributed by atoms with Gasteiger partial charge in [0.25, 0.3) is 0 Å². The number of oxime groups is 1. The maximum Gasteiger partial charge on any atom is 0.416 e. The molecule has 2 heterocycles. The summed E-state index contributed by atoms with van der Waals surface area (Å²) in [6, 6.07) is 5.59. The molecule has 0 bridgehead atoms. The number of halogens is 4. The first kappa shape index (κ1) is 16.8. The quantitative estimate of drug-likeness (QED) is 0.763. The van der Waals surface area contributed by atoms with Gasteiger partial charge in [0.1, 0.15) is 10.7 Å². The topological polar surface area (TPSA) is 24.8 Å². The number of likely N-dealkylation sites (tertiary alicyclic amines) is 1. The Morgan fingerprint density at radius 3 is 2.87 bits per heavy atom. The Labute approximate surface area is 141 Å². The molecular formula is C16H18BrF3N2O. The molecule has 2 unspecified atom stereocenters. The molecule has 0 spiro atoms. The third kappa shape index (κ3) is 4.26. The molecule has 7 heteroatoms. The predicted molar refractivity (Wildman–Crippen MR) is 85.3 cm³/mol. The molecule has 126 valence electrons. The average molecular weight is 391 g/mol. The monoisotopic (exact) mass is 390 g/mol. The minimum absolute atomic E-state index is 0.0775. The summed E-state index contributed by atoms with van der Waals surface area (Å²) in [5.41, 5.74) is 0.116. The lowest BCUT2D eigenvalue weighted by atomic mass is 9.91. The van der Waals surface area contributed by atoms with E-state index < -0.39 is 11.7 Å². The Kier molecular flexibility index (Phi) is 4.96. The largest absolute Gasteiger partial charge is 0.416 e. The molecule has 23 heavy (non-hydrogen) atoms. The molecule has 1 saturated heterocycles. The van der Waals surface area contributed by atoms with Gasteiger partial charge in [-0.15, -0.1) is 0 Å². The van der Waals surface area contributed by atoms with Crippen LogP contribution in [-0.4, -0.2) is 28.7 Å². The van der Waals surface area contributed by atoms with Crippen LogP contribution in [0, 0.1) is 5.92 Å². The fraction of sp³-hybridized carbons (Fsp3) is 0.562. The molecule has 0 radical (unpaired) electrons. The van der Waals surface area contributed by atoms with E-state index in [0.29, 0.717) is 18.0 Å². The third-order valence-corrected chi connectivity index (χ3v) is 4.85. The highest BCUT2D eigenvalue weighted by atomic mass is 79.9. The van der Waals surface area contributed by atoms with Gasteiger partial charge in [0.15, 0.2) is 0 Å². The van der Waals surface area contributed by atoms with Gasteiger partial charge in [-0.3, -0.25) is 4.90 Å². The van der Waals surface area contributed by atoms with Crippen LogP contribution in [0.25, 0.3) is 0 Å². The van der Waals surface area contributed by atoms with Gasteiger partial charge in [0.2, 0.25) is 0 Å². The fourth-order valence-corrected chi connectivity index (χ4v) is 3.66. The zero-order valence-electron chi connectivity index (χ0n) is 12.5. The van der Waals surface area contributed by atoms with Crippen molar-refractivity contribution in [3.63, 3.8) is 0 Å². The molecule has 0 aliphatic carbocycles. The Hall–Kier alpha value is -1.08. The summed E-state index contributed by atoms with van der Waals surface area (Å²) in [5, 5.41) is 3.93. The van der Waals surface area contributed by atoms with Gasteiger partial charge in [-0.1, -0.05) is 23.4 Å². The average Bonchev–Trinajstić information content (AvgIpc) is 2.94. The number of alkyl halides is 3. The Morgan fingerprint density at radius 1 is 1.35 bits per heavy atom. The van der Waals surface area contributed by atoms with Gasteiger partial charge >= 0.3 is 6.18 Å². The van der Waals surface area contributed by atoms with Crippen LogP contribution in [0.2, 0.25) is 0 Å². The van der Waals surface area contributed by atoms with Crippen molar-refractivity contribution >= 4 is 20.6 Å². The molecule has 3 rings (SSSR count). The molecule has 3 nitrogen and oxygen atoms in total. The Bertz CT molecular complexity index is 591. The molecule has 2 atom stereocenters. The van der Waals surface area contributed by atoms with Crippen LogP contribution in [0.4, 0.5) is 13.2 Å². The van der Waals surface area contributed by atoms with Crippen molar-refractivity contribution in [2.24, 2.45) is 11.1 Å². The van der Waals surface area contributed by atoms with Crippen molar-refractivity contribution in [3.8, 4) is 0 Å². The first-order valence-corrected chi connectivity index (χ1v) is 8.48. The van der Waals surface area contributed by atoms with Crippen molar-refractivity contribution in [2.75, 3.05) is 13.1 Å². The summed E-state index contributed by atoms with van der Waals surface area (Å²) in [5.74, 6) is 0.369. The maximum atomic E-state index is 12.8. The zero-order valence-corrected chi connectivity index (χ0v) is 14.1. The van der Waals surface area contributed by atoms with Crippen LogP contribution < -0.4 is 0 Å². The van der Waals surface area contributed by atoms with E-state index in [9.17, 15) is 13.2 Å². The lowest BCUT2D eigenvalue weighted by Gasteiger charge is -2.34. The standard InChI is InChI=1S/C16H18BrF3N2O/c17-15-8-14(23-21-15)12-4-2-6-22(10-12)9-11-3-1-5-13(7-11)16(18,19)20/h1,3,5,7,12,14H,2,4,6,8-10H2. The smallest absolute Gasteiger partial charge is 0.391 e. The van der Waals surface area contributed by atoms with Crippen LogP contribution >= 0.6 is 15.9 Å². The Morgan fingerprint density at radius 2 is 2.17 bits per heavy atom. The van der Waals surface area contributed by atoms with Crippen molar-refractivity contribution in [3.05, 3.63) is 35.4 Å². The third-order valence-electron chi connectivity index (χ3n) is 4.39. The van der Waals surface area contributed by atoms with E-state index in [-0.39, 0.29) is 6.10 Å². The predicted octanol–water partition coefficient (Wildman–Crippen LogP) is 4.41. The second-order valence-electron chi connectivity index (χ2n) is 6.15. The van der Waals surface area contributed by atoms with Crippen molar-refractivity contribution in [1.29, 1.82) is 0 Å². The molecule has 1 aromatic rings. The normalized spacial score (nSPS) is 26.0. The summed E-state index contributed by atoms with van der Waals surface area (Å²) in [4.78, 5) is 7.64. The van der Waals surface area contributed by atoms with E-state index in [2.05, 4.69) is 26.0 Å². The van der Waals surface area contributed by atoms with Gasteiger partial charge < -0.3 is 4.84 Å². The second kappa shape index (κ2) is 6.81. The molecule has 0 N–H and O–H groups in total. The van der Waals surface area contributed by atoms with Gasteiger partial charge in [0.05, 0.1) is 5.56 Å². The lowest BCUT2D eigenvalue weighted by molar-refractivity contribution is -0.137. The summed E-state index contributed by atoms with van der Waals surface area (Å²) >= 11 is 3.35. The van der Waals surface area contributed by atoms with E-state index in [1.54, 1.807) is 6.07 Å². The van der Waals surface area contributed by atoms with Crippen LogP contribution in [0.3, 0.4) is 0 Å². The van der Waals surface area contributed by atoms with Crippen molar-refractivity contribution < 1.29 is 18.0 Å². The highest BCUT2D eigenvalue weighted by Crippen LogP contribution is 2.31. The first-order chi connectivity index (χ1) is 10.9. The van der Waals surface area contributed by atoms with Gasteiger partial charge in [0, 0.05) is 25.4 Å². The number of rotatable bonds is 3. The molecular weight excluding hydrogens is 373 g/mol. The van der Waals surface area contributed by atoms with Gasteiger partial charge in [-0.25, -0.2) is 0 Å². The minimum Gasteiger partial charge on any atom is -0.391 e. The number of benzene rings is 1. The molecule has 0 amide bonds. The number of hydrogen-bond donors (Lipinski definition) is 0. The number of nitrogens with zero attached hydrogens (tertiary/aromatic N) is 2. The van der Waals surface area contributed by atoms with E-state index in [1.807, 2.05) is 0 Å². The van der Waals surface area contributed by atoms with E-state index in [4.69, 9.17) is 4.84 Å². The summed E-state index contributed by atoms with van der Waals surface area (Å²) in [6.45, 7) is 2.27. The van der Waals surface area contributed by atoms with E-state index in [1.165, 1.54) is 12.1 Å². The fourth-order valence-electron chi connectivity index (χ4n) is 3.26. The maximum absolute atomic E-state index is 12.8. The van der Waals surface area contributed by atoms with Crippen LogP contribution in [0.5, 0.6) is 0 Å². The highest BCUT2D eigenvalue weighted by Gasteiger charge is 2.33. The van der Waals surface area contributed by atoms with Gasteiger partial charge in [-0.05, 0) is 46.9 Å². The van der Waals surface area contributed by atoms with Gasteiger partial charge in [-0.2, -0.15) is 13.2 Å². The summed E-state index contributed by atoms with van der Waals surface area (Å²) in [7, 11) is 0. The molecule has 2 aliphatic heterocycles. The summed E-state index contributed by atoms with van der Waals surface area (Å²) < 4.78 is 39.2. The first-order valence-electron chi connectivity index (χ1n) is 7.68. The SMILES string of the molecule is FC(F)(F)c1cccc(CN2CCCC(C3CC(Br)=NO3)C2)c1. The molecule has 2 aliphatic rings. The lowest BCUT2D eigenvalue weighted by Crippen LogP contribution is -2.40. The molecule has 0 saturated carbocycles. The molecule has 0 aromatic heterocycles. The molecule has 1 aromatic carbocycles. The number of piperidine rings is 1. The van der Waals surface area contributed by atoms with E-state index >= 15 is 0 Å². The van der Waals surface area contributed by atoms with Crippen molar-refractivity contribution in [1.82, 2.24) is 4.90 Å². The Balaban J connectivity index is 1.62. The van der Waals surface area contributed by atoms with Crippen LogP contribution in [0.1, 0.15) is 30.4 Å². The van der Waals surface area contributed by atoms with Crippen molar-refractivity contribution in [2.45, 2.75) is 38.1 Å².